The van der Waals surface area contributed by atoms with E-state index in [0.717, 1.165) is 12.2 Å². The van der Waals surface area contributed by atoms with E-state index in [4.69, 9.17) is 5.11 Å². The molecule has 1 aromatic heterocycles. The number of carboxylic acids is 1. The highest BCUT2D eigenvalue weighted by Crippen LogP contribution is 2.43. The standard InChI is InChI=1S/C17H26N2O2/c1-12(2)10-17(6-4-5-7-17)11-18-15-9-14(16(20)21)8-13(3)19-15/h8-9,12H,4-7,10-11H2,1-3H3,(H,18,19)(H,20,21). The van der Waals surface area contributed by atoms with Crippen molar-refractivity contribution in [3.05, 3.63) is 23.4 Å². The Morgan fingerprint density at radius 2 is 2.05 bits per heavy atom. The third kappa shape index (κ3) is 4.19. The molecule has 116 valence electrons. The van der Waals surface area contributed by atoms with Gasteiger partial charge in [0.2, 0.25) is 0 Å². The molecule has 1 aliphatic carbocycles. The molecule has 2 rings (SSSR count). The lowest BCUT2D eigenvalue weighted by molar-refractivity contribution is 0.0696. The predicted octanol–water partition coefficient (Wildman–Crippen LogP) is 4.11. The Hall–Kier alpha value is -1.58. The summed E-state index contributed by atoms with van der Waals surface area (Å²) in [6.07, 6.45) is 6.34. The second-order valence-corrected chi connectivity index (χ2v) is 6.85. The Morgan fingerprint density at radius 3 is 2.62 bits per heavy atom. The fourth-order valence-electron chi connectivity index (χ4n) is 3.60. The molecule has 1 saturated carbocycles. The van der Waals surface area contributed by atoms with E-state index in [1.54, 1.807) is 12.1 Å². The summed E-state index contributed by atoms with van der Waals surface area (Å²) in [5, 5.41) is 12.5. The molecule has 0 bridgehead atoms. The van der Waals surface area contributed by atoms with E-state index in [2.05, 4.69) is 24.1 Å². The molecule has 0 amide bonds. The van der Waals surface area contributed by atoms with Crippen LogP contribution < -0.4 is 5.32 Å². The summed E-state index contributed by atoms with van der Waals surface area (Å²) < 4.78 is 0. The van der Waals surface area contributed by atoms with Crippen molar-refractivity contribution in [2.45, 2.75) is 52.9 Å². The first-order valence-electron chi connectivity index (χ1n) is 7.86. The zero-order chi connectivity index (χ0) is 15.5. The van der Waals surface area contributed by atoms with E-state index in [9.17, 15) is 4.79 Å². The van der Waals surface area contributed by atoms with Crippen LogP contribution in [0, 0.1) is 18.3 Å². The van der Waals surface area contributed by atoms with Gasteiger partial charge in [-0.1, -0.05) is 26.7 Å². The maximum absolute atomic E-state index is 11.1. The molecular weight excluding hydrogens is 264 g/mol. The van der Waals surface area contributed by atoms with Crippen LogP contribution in [0.1, 0.15) is 62.0 Å². The summed E-state index contributed by atoms with van der Waals surface area (Å²) in [6.45, 7) is 7.26. The van der Waals surface area contributed by atoms with Crippen molar-refractivity contribution in [3.63, 3.8) is 0 Å². The first kappa shape index (κ1) is 15.8. The number of nitrogens with one attached hydrogen (secondary N) is 1. The van der Waals surface area contributed by atoms with Gasteiger partial charge in [0.15, 0.2) is 0 Å². The summed E-state index contributed by atoms with van der Waals surface area (Å²) in [5.74, 6) is 0.466. The van der Waals surface area contributed by atoms with E-state index in [1.807, 2.05) is 6.92 Å². The topological polar surface area (TPSA) is 62.2 Å². The molecule has 2 N–H and O–H groups in total. The highest BCUT2D eigenvalue weighted by atomic mass is 16.4. The summed E-state index contributed by atoms with van der Waals surface area (Å²) in [4.78, 5) is 15.5. The maximum Gasteiger partial charge on any atom is 0.335 e. The molecular formula is C17H26N2O2. The van der Waals surface area contributed by atoms with E-state index in [0.29, 0.717) is 22.7 Å². The molecule has 21 heavy (non-hydrogen) atoms. The molecule has 0 aromatic carbocycles. The summed E-state index contributed by atoms with van der Waals surface area (Å²) in [5.41, 5.74) is 1.39. The number of nitrogens with zero attached hydrogens (tertiary/aromatic N) is 1. The largest absolute Gasteiger partial charge is 0.478 e. The van der Waals surface area contributed by atoms with Gasteiger partial charge in [-0.3, -0.25) is 0 Å². The van der Waals surface area contributed by atoms with E-state index >= 15 is 0 Å². The normalized spacial score (nSPS) is 17.1. The van der Waals surface area contributed by atoms with Crippen molar-refractivity contribution in [2.75, 3.05) is 11.9 Å². The van der Waals surface area contributed by atoms with E-state index < -0.39 is 5.97 Å². The van der Waals surface area contributed by atoms with Gasteiger partial charge in [-0.2, -0.15) is 0 Å². The zero-order valence-corrected chi connectivity index (χ0v) is 13.3. The number of hydrogen-bond acceptors (Lipinski definition) is 3. The molecule has 0 saturated heterocycles. The van der Waals surface area contributed by atoms with Crippen LogP contribution in [0.5, 0.6) is 0 Å². The minimum Gasteiger partial charge on any atom is -0.478 e. The van der Waals surface area contributed by atoms with E-state index in [-0.39, 0.29) is 0 Å². The SMILES string of the molecule is Cc1cc(C(=O)O)cc(NCC2(CC(C)C)CCCC2)n1. The fraction of sp³-hybridized carbons (Fsp3) is 0.647. The zero-order valence-electron chi connectivity index (χ0n) is 13.3. The first-order chi connectivity index (χ1) is 9.90. The summed E-state index contributed by atoms with van der Waals surface area (Å²) in [7, 11) is 0. The lowest BCUT2D eigenvalue weighted by Crippen LogP contribution is -2.28. The Labute approximate surface area is 127 Å². The van der Waals surface area contributed by atoms with Crippen molar-refractivity contribution in [1.29, 1.82) is 0 Å². The Morgan fingerprint density at radius 1 is 1.38 bits per heavy atom. The van der Waals surface area contributed by atoms with Crippen LogP contribution in [-0.2, 0) is 0 Å². The van der Waals surface area contributed by atoms with Crippen LogP contribution in [-0.4, -0.2) is 22.6 Å². The second-order valence-electron chi connectivity index (χ2n) is 6.85. The van der Waals surface area contributed by atoms with Gasteiger partial charge >= 0.3 is 5.97 Å². The molecule has 0 unspecified atom stereocenters. The van der Waals surface area contributed by atoms with E-state index in [1.165, 1.54) is 32.1 Å². The second kappa shape index (κ2) is 6.46. The number of carbonyl (C=O) groups is 1. The highest BCUT2D eigenvalue weighted by molar-refractivity contribution is 5.88. The predicted molar refractivity (Wildman–Crippen MR) is 84.8 cm³/mol. The van der Waals surface area contributed by atoms with Gasteiger partial charge in [0.05, 0.1) is 5.56 Å². The number of pyridine rings is 1. The quantitative estimate of drug-likeness (QED) is 0.827. The summed E-state index contributed by atoms with van der Waals surface area (Å²) >= 11 is 0. The maximum atomic E-state index is 11.1. The number of aromatic nitrogens is 1. The van der Waals surface area contributed by atoms with Crippen LogP contribution >= 0.6 is 0 Å². The van der Waals surface area contributed by atoms with Crippen LogP contribution in [0.3, 0.4) is 0 Å². The number of rotatable bonds is 6. The van der Waals surface area contributed by atoms with Gasteiger partial charge in [-0.15, -0.1) is 0 Å². The molecule has 1 aromatic rings. The van der Waals surface area contributed by atoms with Crippen LogP contribution in [0.2, 0.25) is 0 Å². The van der Waals surface area contributed by atoms with Gasteiger partial charge in [-0.05, 0) is 49.7 Å². The molecule has 0 radical (unpaired) electrons. The molecule has 1 fully saturated rings. The smallest absolute Gasteiger partial charge is 0.335 e. The number of carboxylic acid groups (broad SMARTS) is 1. The molecule has 4 nitrogen and oxygen atoms in total. The monoisotopic (exact) mass is 290 g/mol. The third-order valence-electron chi connectivity index (χ3n) is 4.35. The van der Waals surface area contributed by atoms with Gasteiger partial charge in [0.1, 0.15) is 5.82 Å². The Kier molecular flexibility index (Phi) is 4.86. The Balaban J connectivity index is 2.09. The average molecular weight is 290 g/mol. The van der Waals surface area contributed by atoms with Crippen molar-refractivity contribution in [1.82, 2.24) is 4.98 Å². The molecule has 0 atom stereocenters. The van der Waals surface area contributed by atoms with Gasteiger partial charge in [0.25, 0.3) is 0 Å². The van der Waals surface area contributed by atoms with Gasteiger partial charge in [0, 0.05) is 12.2 Å². The minimum atomic E-state index is -0.902. The molecule has 0 spiro atoms. The molecule has 1 aliphatic rings. The highest BCUT2D eigenvalue weighted by Gasteiger charge is 2.34. The lowest BCUT2D eigenvalue weighted by Gasteiger charge is -2.31. The first-order valence-corrected chi connectivity index (χ1v) is 7.86. The van der Waals surface area contributed by atoms with Crippen molar-refractivity contribution >= 4 is 11.8 Å². The number of aromatic carboxylic acids is 1. The molecule has 4 heteroatoms. The lowest BCUT2D eigenvalue weighted by atomic mass is 9.78. The van der Waals surface area contributed by atoms with Crippen molar-refractivity contribution < 1.29 is 9.90 Å². The van der Waals surface area contributed by atoms with Crippen molar-refractivity contribution in [2.24, 2.45) is 11.3 Å². The van der Waals surface area contributed by atoms with Crippen LogP contribution in [0.25, 0.3) is 0 Å². The number of aryl methyl sites for hydroxylation is 1. The van der Waals surface area contributed by atoms with Crippen molar-refractivity contribution in [3.8, 4) is 0 Å². The number of hydrogen-bond donors (Lipinski definition) is 2. The number of anilines is 1. The van der Waals surface area contributed by atoms with Gasteiger partial charge in [-0.25, -0.2) is 9.78 Å². The van der Waals surface area contributed by atoms with Crippen LogP contribution in [0.4, 0.5) is 5.82 Å². The summed E-state index contributed by atoms with van der Waals surface area (Å²) in [6, 6.07) is 3.24. The molecule has 0 aliphatic heterocycles. The molecule has 1 heterocycles. The average Bonchev–Trinajstić information content (AvgIpc) is 2.84. The van der Waals surface area contributed by atoms with Gasteiger partial charge < -0.3 is 10.4 Å². The van der Waals surface area contributed by atoms with Crippen LogP contribution in [0.15, 0.2) is 12.1 Å². The third-order valence-corrected chi connectivity index (χ3v) is 4.35. The minimum absolute atomic E-state index is 0.300. The fourth-order valence-corrected chi connectivity index (χ4v) is 3.60. The Bertz CT molecular complexity index is 506.